The summed E-state index contributed by atoms with van der Waals surface area (Å²) in [5.41, 5.74) is 6.26. The summed E-state index contributed by atoms with van der Waals surface area (Å²) in [5.74, 6) is 0. The zero-order valence-electron chi connectivity index (χ0n) is 12.9. The average molecular weight is 315 g/mol. The predicted octanol–water partition coefficient (Wildman–Crippen LogP) is 0.739. The van der Waals surface area contributed by atoms with Gasteiger partial charge < -0.3 is 15.4 Å². The molecule has 0 spiro atoms. The number of para-hydroxylation sites is 1. The number of nitrogens with zero attached hydrogens (tertiary/aromatic N) is 2. The second kappa shape index (κ2) is 8.33. The molecule has 0 bridgehead atoms. The van der Waals surface area contributed by atoms with Crippen molar-refractivity contribution in [1.29, 1.82) is 0 Å². The van der Waals surface area contributed by atoms with Gasteiger partial charge in [-0.15, -0.1) is 0 Å². The van der Waals surface area contributed by atoms with E-state index in [0.717, 1.165) is 6.42 Å². The molecule has 7 heteroatoms. The largest absolute Gasteiger partial charge is 0.383 e. The number of hydrogen-bond acceptors (Lipinski definition) is 5. The van der Waals surface area contributed by atoms with Crippen LogP contribution in [-0.4, -0.2) is 60.2 Å². The predicted molar refractivity (Wildman–Crippen MR) is 85.1 cm³/mol. The van der Waals surface area contributed by atoms with Crippen molar-refractivity contribution in [3.63, 3.8) is 0 Å². The lowest BCUT2D eigenvalue weighted by Gasteiger charge is -2.27. The fourth-order valence-electron chi connectivity index (χ4n) is 1.97. The van der Waals surface area contributed by atoms with Gasteiger partial charge in [-0.1, -0.05) is 12.1 Å². The molecule has 0 heterocycles. The summed E-state index contributed by atoms with van der Waals surface area (Å²) < 4.78 is 31.2. The van der Waals surface area contributed by atoms with E-state index in [-0.39, 0.29) is 0 Å². The Balaban J connectivity index is 3.19. The standard InChI is InChI=1S/C14H25N3O3S/c1-16(2)21(18,19)14-8-5-4-7-13(14)17(10-6-9-15)11-12-20-3/h4-5,7-8H,6,9-12,15H2,1-3H3. The molecule has 1 aromatic carbocycles. The Morgan fingerprint density at radius 2 is 1.86 bits per heavy atom. The molecule has 0 aliphatic carbocycles. The van der Waals surface area contributed by atoms with Gasteiger partial charge in [0.1, 0.15) is 4.90 Å². The van der Waals surface area contributed by atoms with Crippen LogP contribution < -0.4 is 10.6 Å². The molecule has 0 saturated carbocycles. The molecular formula is C14H25N3O3S. The maximum Gasteiger partial charge on any atom is 0.244 e. The van der Waals surface area contributed by atoms with Gasteiger partial charge in [-0.25, -0.2) is 12.7 Å². The van der Waals surface area contributed by atoms with Crippen LogP contribution in [0.4, 0.5) is 5.69 Å². The monoisotopic (exact) mass is 315 g/mol. The number of ether oxygens (including phenoxy) is 1. The minimum atomic E-state index is -3.48. The van der Waals surface area contributed by atoms with Crippen LogP contribution in [-0.2, 0) is 14.8 Å². The lowest BCUT2D eigenvalue weighted by molar-refractivity contribution is 0.205. The Morgan fingerprint density at radius 1 is 1.19 bits per heavy atom. The Bertz CT molecular complexity index is 524. The van der Waals surface area contributed by atoms with Gasteiger partial charge >= 0.3 is 0 Å². The highest BCUT2D eigenvalue weighted by Gasteiger charge is 2.23. The van der Waals surface area contributed by atoms with Gasteiger partial charge in [0.25, 0.3) is 0 Å². The zero-order valence-corrected chi connectivity index (χ0v) is 13.8. The second-order valence-electron chi connectivity index (χ2n) is 4.88. The highest BCUT2D eigenvalue weighted by atomic mass is 32.2. The minimum absolute atomic E-state index is 0.308. The van der Waals surface area contributed by atoms with Crippen LogP contribution in [0.25, 0.3) is 0 Å². The number of anilines is 1. The molecule has 0 aliphatic rings. The summed E-state index contributed by atoms with van der Waals surface area (Å²) in [6.07, 6.45) is 0.792. The van der Waals surface area contributed by atoms with Crippen LogP contribution in [0.2, 0.25) is 0 Å². The van der Waals surface area contributed by atoms with Gasteiger partial charge in [0, 0.05) is 34.3 Å². The van der Waals surface area contributed by atoms with Crippen LogP contribution in [0, 0.1) is 0 Å². The molecule has 0 saturated heterocycles. The normalized spacial score (nSPS) is 11.9. The Labute approximate surface area is 127 Å². The van der Waals surface area contributed by atoms with E-state index < -0.39 is 10.0 Å². The topological polar surface area (TPSA) is 75.9 Å². The first-order valence-corrected chi connectivity index (χ1v) is 8.34. The van der Waals surface area contributed by atoms with Gasteiger partial charge in [0.15, 0.2) is 0 Å². The summed E-state index contributed by atoms with van der Waals surface area (Å²) in [6, 6.07) is 7.03. The molecule has 0 atom stereocenters. The quantitative estimate of drug-likeness (QED) is 0.727. The van der Waals surface area contributed by atoms with E-state index in [1.807, 2.05) is 17.0 Å². The number of nitrogens with two attached hydrogens (primary N) is 1. The smallest absolute Gasteiger partial charge is 0.244 e. The van der Waals surface area contributed by atoms with Gasteiger partial charge in [-0.2, -0.15) is 0 Å². The maximum atomic E-state index is 12.4. The first-order chi connectivity index (χ1) is 9.95. The van der Waals surface area contributed by atoms with Gasteiger partial charge in [-0.3, -0.25) is 0 Å². The maximum absolute atomic E-state index is 12.4. The fourth-order valence-corrected chi connectivity index (χ4v) is 3.07. The van der Waals surface area contributed by atoms with Crippen molar-refractivity contribution in [2.24, 2.45) is 5.73 Å². The summed E-state index contributed by atoms with van der Waals surface area (Å²) in [5, 5.41) is 0. The van der Waals surface area contributed by atoms with Crippen LogP contribution in [0.15, 0.2) is 29.2 Å². The Hall–Kier alpha value is -1.15. The van der Waals surface area contributed by atoms with Gasteiger partial charge in [0.05, 0.1) is 12.3 Å². The number of methoxy groups -OCH3 is 1. The summed E-state index contributed by atoms with van der Waals surface area (Å²) in [4.78, 5) is 2.32. The SMILES string of the molecule is COCCN(CCCN)c1ccccc1S(=O)(=O)N(C)C. The van der Waals surface area contributed by atoms with Crippen molar-refractivity contribution < 1.29 is 13.2 Å². The third kappa shape index (κ3) is 4.67. The molecule has 6 nitrogen and oxygen atoms in total. The molecule has 2 N–H and O–H groups in total. The summed E-state index contributed by atoms with van der Waals surface area (Å²) >= 11 is 0. The van der Waals surface area contributed by atoms with Crippen LogP contribution in [0.5, 0.6) is 0 Å². The first-order valence-electron chi connectivity index (χ1n) is 6.90. The van der Waals surface area contributed by atoms with Crippen molar-refractivity contribution in [2.75, 3.05) is 52.3 Å². The molecule has 120 valence electrons. The zero-order chi connectivity index (χ0) is 15.9. The van der Waals surface area contributed by atoms with Crippen molar-refractivity contribution in [2.45, 2.75) is 11.3 Å². The average Bonchev–Trinajstić information content (AvgIpc) is 2.47. The van der Waals surface area contributed by atoms with E-state index >= 15 is 0 Å². The molecule has 0 radical (unpaired) electrons. The van der Waals surface area contributed by atoms with Gasteiger partial charge in [0.2, 0.25) is 10.0 Å². The van der Waals surface area contributed by atoms with Crippen LogP contribution in [0.1, 0.15) is 6.42 Å². The third-order valence-corrected chi connectivity index (χ3v) is 5.02. The number of benzene rings is 1. The van der Waals surface area contributed by atoms with Crippen molar-refractivity contribution in [3.8, 4) is 0 Å². The number of rotatable bonds is 9. The minimum Gasteiger partial charge on any atom is -0.383 e. The van der Waals surface area contributed by atoms with E-state index in [1.165, 1.54) is 18.4 Å². The van der Waals surface area contributed by atoms with Crippen LogP contribution >= 0.6 is 0 Å². The lowest BCUT2D eigenvalue weighted by Crippen LogP contribution is -2.32. The molecule has 0 aliphatic heterocycles. The Kier molecular flexibility index (Phi) is 7.10. The van der Waals surface area contributed by atoms with Crippen LogP contribution in [0.3, 0.4) is 0 Å². The molecule has 1 aromatic rings. The van der Waals surface area contributed by atoms with E-state index in [9.17, 15) is 8.42 Å². The summed E-state index contributed by atoms with van der Waals surface area (Å²) in [7, 11) is 1.21. The van der Waals surface area contributed by atoms with Crippen molar-refractivity contribution in [1.82, 2.24) is 4.31 Å². The fraction of sp³-hybridized carbons (Fsp3) is 0.571. The van der Waals surface area contributed by atoms with E-state index in [2.05, 4.69) is 0 Å². The molecule has 0 unspecified atom stereocenters. The van der Waals surface area contributed by atoms with E-state index in [1.54, 1.807) is 19.2 Å². The van der Waals surface area contributed by atoms with Gasteiger partial charge in [-0.05, 0) is 25.1 Å². The second-order valence-corrected chi connectivity index (χ2v) is 7.00. The number of sulfonamides is 1. The molecular weight excluding hydrogens is 290 g/mol. The Morgan fingerprint density at radius 3 is 2.43 bits per heavy atom. The van der Waals surface area contributed by atoms with Crippen molar-refractivity contribution >= 4 is 15.7 Å². The molecule has 0 amide bonds. The molecule has 1 rings (SSSR count). The van der Waals surface area contributed by atoms with Crippen molar-refractivity contribution in [3.05, 3.63) is 24.3 Å². The highest BCUT2D eigenvalue weighted by Crippen LogP contribution is 2.26. The lowest BCUT2D eigenvalue weighted by atomic mass is 10.2. The summed E-state index contributed by atoms with van der Waals surface area (Å²) in [6.45, 7) is 2.41. The molecule has 21 heavy (non-hydrogen) atoms. The van der Waals surface area contributed by atoms with E-state index in [4.69, 9.17) is 10.5 Å². The highest BCUT2D eigenvalue weighted by molar-refractivity contribution is 7.89. The van der Waals surface area contributed by atoms with E-state index in [0.29, 0.717) is 36.8 Å². The third-order valence-electron chi connectivity index (χ3n) is 3.16. The first kappa shape index (κ1) is 17.9. The molecule has 0 fully saturated rings. The molecule has 0 aromatic heterocycles. The number of hydrogen-bond donors (Lipinski definition) is 1.